The molecular formula is C22H13N5O. The molecule has 0 bridgehead atoms. The van der Waals surface area contributed by atoms with Crippen molar-refractivity contribution in [1.82, 2.24) is 24.5 Å². The Morgan fingerprint density at radius 1 is 0.857 bits per heavy atom. The molecule has 0 N–H and O–H groups in total. The number of benzene rings is 2. The maximum absolute atomic E-state index is 6.20. The van der Waals surface area contributed by atoms with Crippen LogP contribution in [0.25, 0.3) is 50.3 Å². The van der Waals surface area contributed by atoms with E-state index in [4.69, 9.17) is 9.40 Å². The van der Waals surface area contributed by atoms with E-state index in [-0.39, 0.29) is 0 Å². The summed E-state index contributed by atoms with van der Waals surface area (Å²) in [5.41, 5.74) is 4.17. The van der Waals surface area contributed by atoms with Gasteiger partial charge in [-0.15, -0.1) is 0 Å². The van der Waals surface area contributed by atoms with Crippen molar-refractivity contribution in [1.29, 1.82) is 0 Å². The molecular weight excluding hydrogens is 350 g/mol. The molecule has 6 heteroatoms. The summed E-state index contributed by atoms with van der Waals surface area (Å²) in [4.78, 5) is 18.0. The fourth-order valence-corrected chi connectivity index (χ4v) is 3.63. The lowest BCUT2D eigenvalue weighted by Crippen LogP contribution is -2.00. The molecule has 0 saturated heterocycles. The van der Waals surface area contributed by atoms with Gasteiger partial charge in [0.15, 0.2) is 5.82 Å². The predicted octanol–water partition coefficient (Wildman–Crippen LogP) is 4.78. The summed E-state index contributed by atoms with van der Waals surface area (Å²) in [6, 6.07) is 19.7. The van der Waals surface area contributed by atoms with Crippen LogP contribution in [0, 0.1) is 0 Å². The second-order valence-electron chi connectivity index (χ2n) is 6.47. The molecule has 6 nitrogen and oxygen atoms in total. The summed E-state index contributed by atoms with van der Waals surface area (Å²) < 4.78 is 8.16. The van der Waals surface area contributed by atoms with Crippen molar-refractivity contribution in [3.05, 3.63) is 79.4 Å². The van der Waals surface area contributed by atoms with E-state index in [9.17, 15) is 0 Å². The average Bonchev–Trinajstić information content (AvgIpc) is 3.29. The van der Waals surface area contributed by atoms with E-state index in [0.29, 0.717) is 17.4 Å². The lowest BCUT2D eigenvalue weighted by atomic mass is 10.2. The van der Waals surface area contributed by atoms with E-state index in [1.165, 1.54) is 0 Å². The third-order valence-electron chi connectivity index (χ3n) is 4.85. The van der Waals surface area contributed by atoms with Crippen LogP contribution in [0.5, 0.6) is 0 Å². The van der Waals surface area contributed by atoms with Gasteiger partial charge in [-0.25, -0.2) is 19.9 Å². The van der Waals surface area contributed by atoms with Gasteiger partial charge in [0.25, 0.3) is 0 Å². The SMILES string of the molecule is c1ccc(-c2nccc(-n3c4cncnc4c4c5ccccc5oc43)n2)cc1. The largest absolute Gasteiger partial charge is 0.439 e. The first-order valence-electron chi connectivity index (χ1n) is 8.91. The molecule has 4 aromatic heterocycles. The lowest BCUT2D eigenvalue weighted by Gasteiger charge is -2.06. The van der Waals surface area contributed by atoms with Crippen LogP contribution in [0.15, 0.2) is 83.8 Å². The van der Waals surface area contributed by atoms with Crippen molar-refractivity contribution >= 4 is 33.1 Å². The van der Waals surface area contributed by atoms with Crippen molar-refractivity contribution < 1.29 is 4.42 Å². The number of furan rings is 1. The zero-order chi connectivity index (χ0) is 18.5. The molecule has 0 radical (unpaired) electrons. The maximum atomic E-state index is 6.20. The first-order valence-corrected chi connectivity index (χ1v) is 8.91. The van der Waals surface area contributed by atoms with E-state index in [2.05, 4.69) is 15.0 Å². The Bertz CT molecular complexity index is 1470. The number of aromatic nitrogens is 5. The molecule has 6 aromatic rings. The number of rotatable bonds is 2. The Hall–Kier alpha value is -4.06. The molecule has 0 atom stereocenters. The van der Waals surface area contributed by atoms with Crippen molar-refractivity contribution in [3.8, 4) is 17.2 Å². The van der Waals surface area contributed by atoms with Crippen LogP contribution in [-0.4, -0.2) is 24.5 Å². The molecule has 0 unspecified atom stereocenters. The smallest absolute Gasteiger partial charge is 0.216 e. The van der Waals surface area contributed by atoms with Crippen LogP contribution < -0.4 is 0 Å². The van der Waals surface area contributed by atoms with Gasteiger partial charge in [-0.3, -0.25) is 4.57 Å². The number of fused-ring (bicyclic) bond motifs is 5. The molecule has 0 fully saturated rings. The Kier molecular flexibility index (Phi) is 3.07. The molecule has 2 aromatic carbocycles. The highest BCUT2D eigenvalue weighted by Crippen LogP contribution is 2.37. The van der Waals surface area contributed by atoms with E-state index in [1.807, 2.05) is 65.2 Å². The van der Waals surface area contributed by atoms with Crippen molar-refractivity contribution in [3.63, 3.8) is 0 Å². The minimum Gasteiger partial charge on any atom is -0.439 e. The van der Waals surface area contributed by atoms with E-state index in [0.717, 1.165) is 33.0 Å². The summed E-state index contributed by atoms with van der Waals surface area (Å²) >= 11 is 0. The zero-order valence-electron chi connectivity index (χ0n) is 14.6. The van der Waals surface area contributed by atoms with Gasteiger partial charge >= 0.3 is 0 Å². The minimum atomic E-state index is 0.654. The van der Waals surface area contributed by atoms with Gasteiger partial charge in [0, 0.05) is 17.1 Å². The number of para-hydroxylation sites is 1. The monoisotopic (exact) mass is 363 g/mol. The second-order valence-corrected chi connectivity index (χ2v) is 6.47. The topological polar surface area (TPSA) is 69.6 Å². The highest BCUT2D eigenvalue weighted by Gasteiger charge is 2.21. The lowest BCUT2D eigenvalue weighted by molar-refractivity contribution is 0.643. The molecule has 0 saturated carbocycles. The summed E-state index contributed by atoms with van der Waals surface area (Å²) in [6.07, 6.45) is 5.11. The van der Waals surface area contributed by atoms with Crippen LogP contribution in [0.2, 0.25) is 0 Å². The summed E-state index contributed by atoms with van der Waals surface area (Å²) in [5.74, 6) is 1.36. The number of hydrogen-bond acceptors (Lipinski definition) is 5. The van der Waals surface area contributed by atoms with Crippen molar-refractivity contribution in [2.24, 2.45) is 0 Å². The molecule has 6 rings (SSSR count). The standard InChI is InChI=1S/C22H13N5O/c1-2-6-14(7-3-1)21-24-11-10-18(26-21)27-16-12-23-13-25-20(16)19-15-8-4-5-9-17(15)28-22(19)27/h1-13H. The molecule has 0 aliphatic rings. The normalized spacial score (nSPS) is 11.6. The first kappa shape index (κ1) is 15.0. The van der Waals surface area contributed by atoms with Crippen molar-refractivity contribution in [2.75, 3.05) is 0 Å². The van der Waals surface area contributed by atoms with Gasteiger partial charge in [0.05, 0.1) is 17.1 Å². The summed E-state index contributed by atoms with van der Waals surface area (Å²) in [6.45, 7) is 0. The van der Waals surface area contributed by atoms with E-state index in [1.54, 1.807) is 18.7 Å². The van der Waals surface area contributed by atoms with Gasteiger partial charge in [0.1, 0.15) is 23.2 Å². The van der Waals surface area contributed by atoms with Gasteiger partial charge in [-0.2, -0.15) is 0 Å². The Balaban J connectivity index is 1.70. The Morgan fingerprint density at radius 2 is 1.71 bits per heavy atom. The average molecular weight is 363 g/mol. The zero-order valence-corrected chi connectivity index (χ0v) is 14.6. The van der Waals surface area contributed by atoms with Gasteiger partial charge < -0.3 is 4.42 Å². The fraction of sp³-hybridized carbons (Fsp3) is 0. The Labute approximate surface area is 159 Å². The molecule has 132 valence electrons. The Morgan fingerprint density at radius 3 is 2.64 bits per heavy atom. The third kappa shape index (κ3) is 2.08. The molecule has 0 aliphatic heterocycles. The molecule has 0 spiro atoms. The highest BCUT2D eigenvalue weighted by atomic mass is 16.3. The third-order valence-corrected chi connectivity index (χ3v) is 4.85. The summed E-state index contributed by atoms with van der Waals surface area (Å²) in [5, 5.41) is 1.99. The predicted molar refractivity (Wildman–Crippen MR) is 107 cm³/mol. The van der Waals surface area contributed by atoms with Crippen LogP contribution in [0.4, 0.5) is 0 Å². The van der Waals surface area contributed by atoms with Gasteiger partial charge in [-0.05, 0) is 12.1 Å². The highest BCUT2D eigenvalue weighted by molar-refractivity contribution is 6.18. The van der Waals surface area contributed by atoms with Crippen LogP contribution >= 0.6 is 0 Å². The van der Waals surface area contributed by atoms with Gasteiger partial charge in [0.2, 0.25) is 5.71 Å². The van der Waals surface area contributed by atoms with Crippen molar-refractivity contribution in [2.45, 2.75) is 0 Å². The molecule has 0 aliphatic carbocycles. The van der Waals surface area contributed by atoms with Crippen LogP contribution in [0.3, 0.4) is 0 Å². The quantitative estimate of drug-likeness (QED) is 0.443. The first-order chi connectivity index (χ1) is 13.9. The molecule has 4 heterocycles. The number of hydrogen-bond donors (Lipinski definition) is 0. The minimum absolute atomic E-state index is 0.654. The van der Waals surface area contributed by atoms with Crippen LogP contribution in [-0.2, 0) is 0 Å². The van der Waals surface area contributed by atoms with Crippen LogP contribution in [0.1, 0.15) is 0 Å². The second kappa shape index (κ2) is 5.72. The fourth-order valence-electron chi connectivity index (χ4n) is 3.63. The van der Waals surface area contributed by atoms with Gasteiger partial charge in [-0.1, -0.05) is 48.5 Å². The van der Waals surface area contributed by atoms with E-state index < -0.39 is 0 Å². The number of nitrogens with zero attached hydrogens (tertiary/aromatic N) is 5. The molecule has 0 amide bonds. The van der Waals surface area contributed by atoms with E-state index >= 15 is 0 Å². The molecule has 28 heavy (non-hydrogen) atoms. The summed E-state index contributed by atoms with van der Waals surface area (Å²) in [7, 11) is 0. The maximum Gasteiger partial charge on any atom is 0.216 e.